The van der Waals surface area contributed by atoms with Crippen molar-refractivity contribution >= 4 is 17.8 Å². The van der Waals surface area contributed by atoms with Crippen LogP contribution in [0.1, 0.15) is 49.7 Å². The standard InChI is InChI=1S/C27H32N4O5/c1-18(2)25(33)36-14-13-27(3,26(34)35)16-22(29-24(32)23-17-28-31-30-23)15-19-9-11-21(12-10-19)20-7-5-4-6-8-20/h4-12,17-18,22H,13-16H2,1-3H3,(H,29,32)(H,34,35)(H,28,30,31)/t22-,27-/m1/s1. The SMILES string of the molecule is CC(C)C(=O)OCC[C@](C)(C[C@@H](Cc1ccc(-c2ccccc2)cc1)NC(=O)c1cnn[nH]1)C(=O)O. The number of nitrogens with zero attached hydrogens (tertiary/aromatic N) is 2. The molecule has 2 aromatic carbocycles. The predicted molar refractivity (Wildman–Crippen MR) is 134 cm³/mol. The molecule has 1 heterocycles. The summed E-state index contributed by atoms with van der Waals surface area (Å²) in [6, 6.07) is 17.4. The van der Waals surface area contributed by atoms with E-state index in [0.717, 1.165) is 16.7 Å². The lowest BCUT2D eigenvalue weighted by atomic mass is 9.79. The number of hydrogen-bond donors (Lipinski definition) is 3. The number of carboxylic acids is 1. The number of esters is 1. The summed E-state index contributed by atoms with van der Waals surface area (Å²) < 4.78 is 5.23. The van der Waals surface area contributed by atoms with Crippen LogP contribution in [-0.2, 0) is 20.7 Å². The van der Waals surface area contributed by atoms with Gasteiger partial charge in [0.2, 0.25) is 0 Å². The molecule has 0 saturated heterocycles. The van der Waals surface area contributed by atoms with Crippen molar-refractivity contribution in [2.75, 3.05) is 6.61 Å². The summed E-state index contributed by atoms with van der Waals surface area (Å²) >= 11 is 0. The highest BCUT2D eigenvalue weighted by molar-refractivity contribution is 5.92. The van der Waals surface area contributed by atoms with Gasteiger partial charge in [-0.1, -0.05) is 73.7 Å². The number of amides is 1. The predicted octanol–water partition coefficient (Wildman–Crippen LogP) is 3.88. The highest BCUT2D eigenvalue weighted by Gasteiger charge is 2.37. The molecule has 0 bridgehead atoms. The number of H-pyrrole nitrogens is 1. The van der Waals surface area contributed by atoms with Gasteiger partial charge < -0.3 is 15.2 Å². The number of hydrogen-bond acceptors (Lipinski definition) is 6. The third-order valence-electron chi connectivity index (χ3n) is 6.12. The van der Waals surface area contributed by atoms with Gasteiger partial charge in [0, 0.05) is 6.04 Å². The van der Waals surface area contributed by atoms with E-state index in [1.54, 1.807) is 20.8 Å². The number of carboxylic acid groups (broad SMARTS) is 1. The zero-order valence-corrected chi connectivity index (χ0v) is 20.7. The zero-order chi connectivity index (χ0) is 26.1. The van der Waals surface area contributed by atoms with E-state index in [1.165, 1.54) is 6.20 Å². The molecule has 0 aliphatic heterocycles. The van der Waals surface area contributed by atoms with Crippen molar-refractivity contribution in [3.63, 3.8) is 0 Å². The highest BCUT2D eigenvalue weighted by atomic mass is 16.5. The molecule has 0 unspecified atom stereocenters. The maximum atomic E-state index is 12.7. The minimum absolute atomic E-state index is 0.0171. The van der Waals surface area contributed by atoms with Crippen molar-refractivity contribution in [3.05, 3.63) is 72.1 Å². The van der Waals surface area contributed by atoms with Gasteiger partial charge in [0.1, 0.15) is 5.69 Å². The van der Waals surface area contributed by atoms with E-state index < -0.39 is 23.3 Å². The van der Waals surface area contributed by atoms with E-state index in [0.29, 0.717) is 6.42 Å². The Morgan fingerprint density at radius 3 is 2.31 bits per heavy atom. The highest BCUT2D eigenvalue weighted by Crippen LogP contribution is 2.30. The number of aliphatic carboxylic acids is 1. The van der Waals surface area contributed by atoms with Gasteiger partial charge in [-0.3, -0.25) is 19.5 Å². The lowest BCUT2D eigenvalue weighted by Gasteiger charge is -2.30. The van der Waals surface area contributed by atoms with Gasteiger partial charge >= 0.3 is 11.9 Å². The Bertz CT molecular complexity index is 1150. The fourth-order valence-corrected chi connectivity index (χ4v) is 3.88. The summed E-state index contributed by atoms with van der Waals surface area (Å²) in [6.45, 7) is 5.03. The average molecular weight is 493 g/mol. The molecule has 0 radical (unpaired) electrons. The first-order chi connectivity index (χ1) is 17.2. The van der Waals surface area contributed by atoms with Crippen molar-refractivity contribution < 1.29 is 24.2 Å². The third-order valence-corrected chi connectivity index (χ3v) is 6.12. The second-order valence-electron chi connectivity index (χ2n) is 9.45. The number of carbonyl (C=O) groups is 3. The van der Waals surface area contributed by atoms with E-state index in [2.05, 4.69) is 20.7 Å². The molecule has 190 valence electrons. The number of ether oxygens (including phenoxy) is 1. The Morgan fingerprint density at radius 1 is 1.06 bits per heavy atom. The van der Waals surface area contributed by atoms with Crippen LogP contribution >= 0.6 is 0 Å². The number of aromatic nitrogens is 3. The molecule has 2 atom stereocenters. The molecule has 0 saturated carbocycles. The molecule has 1 amide bonds. The molecule has 9 nitrogen and oxygen atoms in total. The van der Waals surface area contributed by atoms with Crippen LogP contribution in [0.3, 0.4) is 0 Å². The van der Waals surface area contributed by atoms with Crippen molar-refractivity contribution in [2.24, 2.45) is 11.3 Å². The number of rotatable bonds is 12. The van der Waals surface area contributed by atoms with Crippen molar-refractivity contribution in [1.29, 1.82) is 0 Å². The molecule has 36 heavy (non-hydrogen) atoms. The molecule has 0 fully saturated rings. The summed E-state index contributed by atoms with van der Waals surface area (Å²) in [6.07, 6.45) is 1.97. The van der Waals surface area contributed by atoms with Gasteiger partial charge in [0.15, 0.2) is 0 Å². The Kier molecular flexibility index (Phi) is 8.94. The van der Waals surface area contributed by atoms with E-state index in [1.807, 2.05) is 54.6 Å². The van der Waals surface area contributed by atoms with Gasteiger partial charge in [-0.05, 0) is 42.9 Å². The monoisotopic (exact) mass is 492 g/mol. The first-order valence-corrected chi connectivity index (χ1v) is 11.9. The summed E-state index contributed by atoms with van der Waals surface area (Å²) in [5.74, 6) is -2.12. The van der Waals surface area contributed by atoms with E-state index in [4.69, 9.17) is 4.74 Å². The van der Waals surface area contributed by atoms with Crippen LogP contribution < -0.4 is 5.32 Å². The Labute approximate surface area is 210 Å². The quantitative estimate of drug-likeness (QED) is 0.327. The molecule has 0 aliphatic rings. The molecule has 9 heteroatoms. The van der Waals surface area contributed by atoms with Gasteiger partial charge in [-0.15, -0.1) is 5.10 Å². The smallest absolute Gasteiger partial charge is 0.309 e. The van der Waals surface area contributed by atoms with Gasteiger partial charge in [0.05, 0.1) is 24.1 Å². The molecule has 0 spiro atoms. The van der Waals surface area contributed by atoms with Crippen LogP contribution in [0.4, 0.5) is 0 Å². The maximum Gasteiger partial charge on any atom is 0.309 e. The van der Waals surface area contributed by atoms with Crippen LogP contribution in [0.15, 0.2) is 60.8 Å². The van der Waals surface area contributed by atoms with Crippen LogP contribution in [0.25, 0.3) is 11.1 Å². The fourth-order valence-electron chi connectivity index (χ4n) is 3.88. The van der Waals surface area contributed by atoms with Gasteiger partial charge in [-0.25, -0.2) is 0 Å². The van der Waals surface area contributed by atoms with Crippen LogP contribution in [0.5, 0.6) is 0 Å². The molecule has 3 N–H and O–H groups in total. The molecular formula is C27H32N4O5. The Hall–Kier alpha value is -4.01. The first kappa shape index (κ1) is 26.6. The van der Waals surface area contributed by atoms with Crippen LogP contribution in [0, 0.1) is 11.3 Å². The van der Waals surface area contributed by atoms with Crippen molar-refractivity contribution in [3.8, 4) is 11.1 Å². The Balaban J connectivity index is 1.77. The lowest BCUT2D eigenvalue weighted by Crippen LogP contribution is -2.43. The second-order valence-corrected chi connectivity index (χ2v) is 9.45. The van der Waals surface area contributed by atoms with Crippen LogP contribution in [-0.4, -0.2) is 51.0 Å². The lowest BCUT2D eigenvalue weighted by molar-refractivity contribution is -0.154. The molecule has 3 rings (SSSR count). The van der Waals surface area contributed by atoms with Gasteiger partial charge in [0.25, 0.3) is 5.91 Å². The summed E-state index contributed by atoms with van der Waals surface area (Å²) in [7, 11) is 0. The number of aromatic amines is 1. The molecule has 3 aromatic rings. The van der Waals surface area contributed by atoms with E-state index in [9.17, 15) is 19.5 Å². The summed E-state index contributed by atoms with van der Waals surface area (Å²) in [4.78, 5) is 36.8. The van der Waals surface area contributed by atoms with Crippen LogP contribution in [0.2, 0.25) is 0 Å². The normalized spacial score (nSPS) is 13.6. The fraction of sp³-hybridized carbons (Fsp3) is 0.370. The second kappa shape index (κ2) is 12.1. The summed E-state index contributed by atoms with van der Waals surface area (Å²) in [5.41, 5.74) is 2.05. The zero-order valence-electron chi connectivity index (χ0n) is 20.7. The van der Waals surface area contributed by atoms with Gasteiger partial charge in [-0.2, -0.15) is 0 Å². The number of nitrogens with one attached hydrogen (secondary N) is 2. The Morgan fingerprint density at radius 2 is 1.72 bits per heavy atom. The van der Waals surface area contributed by atoms with E-state index in [-0.39, 0.29) is 37.0 Å². The largest absolute Gasteiger partial charge is 0.481 e. The minimum Gasteiger partial charge on any atom is -0.481 e. The first-order valence-electron chi connectivity index (χ1n) is 11.9. The molecular weight excluding hydrogens is 460 g/mol. The topological polar surface area (TPSA) is 134 Å². The van der Waals surface area contributed by atoms with E-state index >= 15 is 0 Å². The van der Waals surface area contributed by atoms with Crippen molar-refractivity contribution in [1.82, 2.24) is 20.7 Å². The molecule has 0 aliphatic carbocycles. The minimum atomic E-state index is -1.23. The third kappa shape index (κ3) is 7.24. The maximum absolute atomic E-state index is 12.7. The van der Waals surface area contributed by atoms with Crippen molar-refractivity contribution in [2.45, 2.75) is 46.1 Å². The average Bonchev–Trinajstić information content (AvgIpc) is 3.40. The summed E-state index contributed by atoms with van der Waals surface area (Å²) in [5, 5.41) is 22.7. The molecule has 1 aromatic heterocycles. The number of carbonyl (C=O) groups excluding carboxylic acids is 2. The number of benzene rings is 2.